The van der Waals surface area contributed by atoms with Crippen LogP contribution in [0.2, 0.25) is 0 Å². The Bertz CT molecular complexity index is 1320. The Labute approximate surface area is 150 Å². The highest BCUT2D eigenvalue weighted by Crippen LogP contribution is 2.45. The molecule has 0 fully saturated rings. The lowest BCUT2D eigenvalue weighted by atomic mass is 9.90. The molecule has 0 saturated carbocycles. The molecule has 0 aliphatic carbocycles. The molecular formula is C23H16O3. The van der Waals surface area contributed by atoms with E-state index in [1.165, 1.54) is 12.3 Å². The van der Waals surface area contributed by atoms with Gasteiger partial charge in [-0.3, -0.25) is 4.79 Å². The van der Waals surface area contributed by atoms with Crippen molar-refractivity contribution in [2.75, 3.05) is 7.11 Å². The van der Waals surface area contributed by atoms with E-state index in [2.05, 4.69) is 30.3 Å². The molecule has 3 nitrogen and oxygen atoms in total. The van der Waals surface area contributed by atoms with Gasteiger partial charge in [0.15, 0.2) is 0 Å². The van der Waals surface area contributed by atoms with Crippen molar-refractivity contribution in [3.05, 3.63) is 60.7 Å². The maximum Gasteiger partial charge on any atom is 0.308 e. The average molecular weight is 340 g/mol. The molecule has 3 heteroatoms. The molecule has 0 aromatic heterocycles. The largest absolute Gasteiger partial charge is 0.495 e. The van der Waals surface area contributed by atoms with Gasteiger partial charge < -0.3 is 9.47 Å². The summed E-state index contributed by atoms with van der Waals surface area (Å²) >= 11 is 0. The van der Waals surface area contributed by atoms with E-state index in [9.17, 15) is 4.79 Å². The normalized spacial score (nSPS) is 11.6. The number of rotatable bonds is 2. The van der Waals surface area contributed by atoms with Gasteiger partial charge in [0.25, 0.3) is 0 Å². The summed E-state index contributed by atoms with van der Waals surface area (Å²) in [7, 11) is 1.71. The topological polar surface area (TPSA) is 35.5 Å². The smallest absolute Gasteiger partial charge is 0.308 e. The van der Waals surface area contributed by atoms with Gasteiger partial charge in [-0.15, -0.1) is 0 Å². The SMILES string of the molecule is COc1c2ccccc2c2ccc3ccc(OC(C)=O)c4ccc1c2c34. The van der Waals surface area contributed by atoms with Crippen molar-refractivity contribution in [2.45, 2.75) is 6.92 Å². The van der Waals surface area contributed by atoms with Gasteiger partial charge in [-0.1, -0.05) is 42.5 Å². The van der Waals surface area contributed by atoms with Crippen molar-refractivity contribution in [2.24, 2.45) is 0 Å². The van der Waals surface area contributed by atoms with Gasteiger partial charge in [-0.05, 0) is 34.4 Å². The number of carbonyl (C=O) groups excluding carboxylic acids is 1. The highest BCUT2D eigenvalue weighted by molar-refractivity contribution is 6.31. The second-order valence-corrected chi connectivity index (χ2v) is 6.48. The van der Waals surface area contributed by atoms with Gasteiger partial charge in [-0.2, -0.15) is 0 Å². The van der Waals surface area contributed by atoms with E-state index in [-0.39, 0.29) is 5.97 Å². The molecule has 0 bridgehead atoms. The van der Waals surface area contributed by atoms with Gasteiger partial charge in [0, 0.05) is 33.9 Å². The highest BCUT2D eigenvalue weighted by Gasteiger charge is 2.18. The molecule has 0 atom stereocenters. The van der Waals surface area contributed by atoms with Crippen molar-refractivity contribution < 1.29 is 14.3 Å². The minimum atomic E-state index is -0.317. The monoisotopic (exact) mass is 340 g/mol. The summed E-state index contributed by atoms with van der Waals surface area (Å²) in [5.41, 5.74) is 0. The second-order valence-electron chi connectivity index (χ2n) is 6.48. The number of methoxy groups -OCH3 is 1. The van der Waals surface area contributed by atoms with Gasteiger partial charge in [0.05, 0.1) is 7.11 Å². The van der Waals surface area contributed by atoms with Crippen LogP contribution in [-0.2, 0) is 4.79 Å². The molecule has 0 amide bonds. The Morgan fingerprint density at radius 1 is 0.731 bits per heavy atom. The molecule has 0 saturated heterocycles. The minimum Gasteiger partial charge on any atom is -0.495 e. The van der Waals surface area contributed by atoms with Crippen LogP contribution >= 0.6 is 0 Å². The summed E-state index contributed by atoms with van der Waals surface area (Å²) in [6.45, 7) is 1.43. The Hall–Kier alpha value is -3.33. The predicted molar refractivity (Wildman–Crippen MR) is 106 cm³/mol. The van der Waals surface area contributed by atoms with E-state index in [4.69, 9.17) is 9.47 Å². The lowest BCUT2D eigenvalue weighted by molar-refractivity contribution is -0.131. The lowest BCUT2D eigenvalue weighted by Crippen LogP contribution is -2.02. The zero-order valence-electron chi connectivity index (χ0n) is 14.5. The van der Waals surface area contributed by atoms with Crippen molar-refractivity contribution in [3.8, 4) is 11.5 Å². The van der Waals surface area contributed by atoms with E-state index < -0.39 is 0 Å². The number of benzene rings is 5. The summed E-state index contributed by atoms with van der Waals surface area (Å²) in [6, 6.07) is 20.5. The summed E-state index contributed by atoms with van der Waals surface area (Å²) in [4.78, 5) is 11.5. The molecule has 0 radical (unpaired) electrons. The number of fused-ring (bicyclic) bond motifs is 2. The number of hydrogen-bond acceptors (Lipinski definition) is 3. The zero-order valence-corrected chi connectivity index (χ0v) is 14.5. The molecule has 0 heterocycles. The highest BCUT2D eigenvalue weighted by atomic mass is 16.5. The molecule has 5 aromatic rings. The lowest BCUT2D eigenvalue weighted by Gasteiger charge is -2.17. The molecule has 126 valence electrons. The average Bonchev–Trinajstić information content (AvgIpc) is 2.66. The van der Waals surface area contributed by atoms with Crippen LogP contribution in [-0.4, -0.2) is 13.1 Å². The first-order valence-electron chi connectivity index (χ1n) is 8.53. The van der Waals surface area contributed by atoms with Crippen LogP contribution in [0.25, 0.3) is 43.1 Å². The zero-order chi connectivity index (χ0) is 17.8. The van der Waals surface area contributed by atoms with Crippen LogP contribution in [0, 0.1) is 0 Å². The van der Waals surface area contributed by atoms with Crippen molar-refractivity contribution >= 4 is 49.1 Å². The molecular weight excluding hydrogens is 324 g/mol. The Morgan fingerprint density at radius 3 is 2.19 bits per heavy atom. The molecule has 0 aliphatic heterocycles. The number of ether oxygens (including phenoxy) is 2. The van der Waals surface area contributed by atoms with E-state index in [0.29, 0.717) is 5.75 Å². The maximum absolute atomic E-state index is 11.5. The van der Waals surface area contributed by atoms with E-state index in [0.717, 1.165) is 43.5 Å². The quantitative estimate of drug-likeness (QED) is 0.180. The van der Waals surface area contributed by atoms with Crippen LogP contribution in [0.4, 0.5) is 0 Å². The Morgan fingerprint density at radius 2 is 1.42 bits per heavy atom. The summed E-state index contributed by atoms with van der Waals surface area (Å²) in [5, 5.41) is 8.80. The molecule has 5 rings (SSSR count). The maximum atomic E-state index is 11.5. The molecule has 26 heavy (non-hydrogen) atoms. The fourth-order valence-electron chi connectivity index (χ4n) is 4.06. The van der Waals surface area contributed by atoms with Crippen LogP contribution in [0.15, 0.2) is 60.7 Å². The van der Waals surface area contributed by atoms with Gasteiger partial charge >= 0.3 is 5.97 Å². The van der Waals surface area contributed by atoms with Gasteiger partial charge in [0.1, 0.15) is 11.5 Å². The van der Waals surface area contributed by atoms with E-state index in [1.54, 1.807) is 7.11 Å². The standard InChI is InChI=1S/C23H16O3/c1-13(24)26-20-12-8-14-7-9-16-15-5-3-4-6-17(15)23(25-2)19-11-10-18(20)21(14)22(16)19/h3-12H,1-2H3. The third-order valence-corrected chi connectivity index (χ3v) is 5.04. The molecule has 0 aliphatic rings. The van der Waals surface area contributed by atoms with Crippen LogP contribution in [0.3, 0.4) is 0 Å². The first-order valence-corrected chi connectivity index (χ1v) is 8.53. The Balaban J connectivity index is 2.07. The molecule has 0 unspecified atom stereocenters. The number of carbonyl (C=O) groups is 1. The van der Waals surface area contributed by atoms with E-state index in [1.807, 2.05) is 30.3 Å². The van der Waals surface area contributed by atoms with Crippen molar-refractivity contribution in [3.63, 3.8) is 0 Å². The summed E-state index contributed by atoms with van der Waals surface area (Å²) in [6.07, 6.45) is 0. The first kappa shape index (κ1) is 15.0. The molecule has 5 aromatic carbocycles. The van der Waals surface area contributed by atoms with E-state index >= 15 is 0 Å². The van der Waals surface area contributed by atoms with Crippen LogP contribution < -0.4 is 9.47 Å². The van der Waals surface area contributed by atoms with Gasteiger partial charge in [-0.25, -0.2) is 0 Å². The number of hydrogen-bond donors (Lipinski definition) is 0. The third kappa shape index (κ3) is 1.91. The second kappa shape index (κ2) is 5.33. The van der Waals surface area contributed by atoms with Gasteiger partial charge in [0.2, 0.25) is 0 Å². The minimum absolute atomic E-state index is 0.317. The summed E-state index contributed by atoms with van der Waals surface area (Å²) < 4.78 is 11.2. The molecule has 0 spiro atoms. The third-order valence-electron chi connectivity index (χ3n) is 5.04. The van der Waals surface area contributed by atoms with Crippen LogP contribution in [0.1, 0.15) is 6.92 Å². The van der Waals surface area contributed by atoms with Crippen molar-refractivity contribution in [1.29, 1.82) is 0 Å². The van der Waals surface area contributed by atoms with Crippen molar-refractivity contribution in [1.82, 2.24) is 0 Å². The fraction of sp³-hybridized carbons (Fsp3) is 0.0870. The van der Waals surface area contributed by atoms with Crippen LogP contribution in [0.5, 0.6) is 11.5 Å². The summed E-state index contributed by atoms with van der Waals surface area (Å²) in [5.74, 6) is 1.15. The fourth-order valence-corrected chi connectivity index (χ4v) is 4.06. The Kier molecular flexibility index (Phi) is 3.07. The number of esters is 1. The predicted octanol–water partition coefficient (Wildman–Crippen LogP) is 5.67. The molecule has 0 N–H and O–H groups in total. The first-order chi connectivity index (χ1) is 12.7.